The standard InChI is InChI=1S/C11H21N5/c1-5-16(9(2)8-15(3)4)11-13-7-6-10(12)14-11/h6-7,9H,5,8H2,1-4H3,(H2,12,13,14). The molecule has 5 heteroatoms. The van der Waals surface area contributed by atoms with Crippen LogP contribution in [0.3, 0.4) is 0 Å². The Morgan fingerprint density at radius 1 is 1.44 bits per heavy atom. The van der Waals surface area contributed by atoms with Gasteiger partial charge in [0.1, 0.15) is 5.82 Å². The molecule has 90 valence electrons. The van der Waals surface area contributed by atoms with Crippen molar-refractivity contribution in [2.24, 2.45) is 0 Å². The maximum Gasteiger partial charge on any atom is 0.227 e. The fraction of sp³-hybridized carbons (Fsp3) is 0.636. The third kappa shape index (κ3) is 3.34. The molecule has 0 fully saturated rings. The number of aromatic nitrogens is 2. The first kappa shape index (κ1) is 12.7. The van der Waals surface area contributed by atoms with Crippen molar-refractivity contribution < 1.29 is 0 Å². The lowest BCUT2D eigenvalue weighted by Gasteiger charge is -2.30. The van der Waals surface area contributed by atoms with Crippen LogP contribution in [0.4, 0.5) is 11.8 Å². The number of hydrogen-bond donors (Lipinski definition) is 1. The molecule has 0 aliphatic carbocycles. The van der Waals surface area contributed by atoms with E-state index in [9.17, 15) is 0 Å². The summed E-state index contributed by atoms with van der Waals surface area (Å²) in [6.07, 6.45) is 1.70. The molecule has 1 heterocycles. The Kier molecular flexibility index (Phi) is 4.49. The molecule has 2 N–H and O–H groups in total. The first-order chi connectivity index (χ1) is 7.54. The molecule has 5 nitrogen and oxygen atoms in total. The van der Waals surface area contributed by atoms with Crippen LogP contribution in [0.2, 0.25) is 0 Å². The first-order valence-corrected chi connectivity index (χ1v) is 5.54. The Hall–Kier alpha value is -1.36. The molecule has 0 saturated carbocycles. The molecule has 0 aromatic carbocycles. The molecule has 16 heavy (non-hydrogen) atoms. The van der Waals surface area contributed by atoms with Gasteiger partial charge < -0.3 is 15.5 Å². The molecule has 0 amide bonds. The minimum Gasteiger partial charge on any atom is -0.384 e. The van der Waals surface area contributed by atoms with Crippen molar-refractivity contribution in [3.8, 4) is 0 Å². The van der Waals surface area contributed by atoms with E-state index in [4.69, 9.17) is 5.73 Å². The summed E-state index contributed by atoms with van der Waals surface area (Å²) in [5.74, 6) is 1.22. The van der Waals surface area contributed by atoms with Crippen molar-refractivity contribution in [1.29, 1.82) is 0 Å². The van der Waals surface area contributed by atoms with Crippen LogP contribution in [0.5, 0.6) is 0 Å². The topological polar surface area (TPSA) is 58.3 Å². The summed E-state index contributed by atoms with van der Waals surface area (Å²) in [5, 5.41) is 0. The minimum absolute atomic E-state index is 0.363. The summed E-state index contributed by atoms with van der Waals surface area (Å²) in [7, 11) is 4.12. The maximum absolute atomic E-state index is 5.66. The zero-order valence-corrected chi connectivity index (χ0v) is 10.5. The molecule has 0 aliphatic heterocycles. The second-order valence-electron chi connectivity index (χ2n) is 4.18. The highest BCUT2D eigenvalue weighted by atomic mass is 15.3. The Morgan fingerprint density at radius 2 is 2.12 bits per heavy atom. The van der Waals surface area contributed by atoms with E-state index < -0.39 is 0 Å². The van der Waals surface area contributed by atoms with Gasteiger partial charge in [0.05, 0.1) is 0 Å². The number of nitrogens with two attached hydrogens (primary N) is 1. The molecular formula is C11H21N5. The highest BCUT2D eigenvalue weighted by Gasteiger charge is 2.15. The Balaban J connectivity index is 2.81. The summed E-state index contributed by atoms with van der Waals surface area (Å²) in [6.45, 7) is 6.10. The second kappa shape index (κ2) is 5.65. The third-order valence-electron chi connectivity index (χ3n) is 2.42. The van der Waals surface area contributed by atoms with E-state index in [1.165, 1.54) is 0 Å². The Bertz CT molecular complexity index is 326. The molecule has 0 radical (unpaired) electrons. The number of nitrogens with zero attached hydrogens (tertiary/aromatic N) is 4. The maximum atomic E-state index is 5.66. The molecule has 1 aromatic heterocycles. The molecule has 1 atom stereocenters. The molecule has 0 saturated heterocycles. The lowest BCUT2D eigenvalue weighted by Crippen LogP contribution is -2.41. The SMILES string of the molecule is CCN(c1nccc(N)n1)C(C)CN(C)C. The molecule has 1 aromatic rings. The van der Waals surface area contributed by atoms with Gasteiger partial charge >= 0.3 is 0 Å². The van der Waals surface area contributed by atoms with Crippen LogP contribution in [-0.4, -0.2) is 48.1 Å². The summed E-state index contributed by atoms with van der Waals surface area (Å²) in [5.41, 5.74) is 5.66. The van der Waals surface area contributed by atoms with Crippen molar-refractivity contribution in [3.05, 3.63) is 12.3 Å². The number of anilines is 2. The Labute approximate surface area is 97.3 Å². The van der Waals surface area contributed by atoms with Gasteiger partial charge in [-0.2, -0.15) is 4.98 Å². The van der Waals surface area contributed by atoms with Crippen LogP contribution < -0.4 is 10.6 Å². The van der Waals surface area contributed by atoms with Gasteiger partial charge in [-0.25, -0.2) is 4.98 Å². The molecule has 0 aliphatic rings. The van der Waals surface area contributed by atoms with Crippen LogP contribution in [0.15, 0.2) is 12.3 Å². The van der Waals surface area contributed by atoms with Crippen molar-refractivity contribution in [1.82, 2.24) is 14.9 Å². The van der Waals surface area contributed by atoms with E-state index in [1.807, 2.05) is 0 Å². The average Bonchev–Trinajstić information content (AvgIpc) is 2.17. The number of rotatable bonds is 5. The van der Waals surface area contributed by atoms with E-state index in [0.29, 0.717) is 17.8 Å². The molecule has 0 bridgehead atoms. The van der Waals surface area contributed by atoms with E-state index in [1.54, 1.807) is 12.3 Å². The summed E-state index contributed by atoms with van der Waals surface area (Å²) < 4.78 is 0. The molecule has 1 unspecified atom stereocenters. The summed E-state index contributed by atoms with van der Waals surface area (Å²) in [6, 6.07) is 2.07. The second-order valence-corrected chi connectivity index (χ2v) is 4.18. The number of nitrogen functional groups attached to an aromatic ring is 1. The van der Waals surface area contributed by atoms with Gasteiger partial charge in [-0.15, -0.1) is 0 Å². The quantitative estimate of drug-likeness (QED) is 0.801. The highest BCUT2D eigenvalue weighted by Crippen LogP contribution is 2.12. The zero-order chi connectivity index (χ0) is 12.1. The highest BCUT2D eigenvalue weighted by molar-refractivity contribution is 5.38. The van der Waals surface area contributed by atoms with Crippen LogP contribution >= 0.6 is 0 Å². The normalized spacial score (nSPS) is 12.8. The van der Waals surface area contributed by atoms with E-state index in [2.05, 4.69) is 47.7 Å². The van der Waals surface area contributed by atoms with E-state index in [0.717, 1.165) is 13.1 Å². The van der Waals surface area contributed by atoms with Crippen LogP contribution in [0, 0.1) is 0 Å². The van der Waals surface area contributed by atoms with Crippen molar-refractivity contribution in [2.75, 3.05) is 37.8 Å². The monoisotopic (exact) mass is 223 g/mol. The van der Waals surface area contributed by atoms with Gasteiger partial charge in [0.15, 0.2) is 0 Å². The summed E-state index contributed by atoms with van der Waals surface area (Å²) >= 11 is 0. The minimum atomic E-state index is 0.363. The van der Waals surface area contributed by atoms with Gasteiger partial charge in [-0.3, -0.25) is 0 Å². The van der Waals surface area contributed by atoms with Crippen molar-refractivity contribution >= 4 is 11.8 Å². The van der Waals surface area contributed by atoms with E-state index in [-0.39, 0.29) is 0 Å². The van der Waals surface area contributed by atoms with Gasteiger partial charge in [0.2, 0.25) is 5.95 Å². The van der Waals surface area contributed by atoms with Crippen molar-refractivity contribution in [3.63, 3.8) is 0 Å². The van der Waals surface area contributed by atoms with Gasteiger partial charge in [0, 0.05) is 25.3 Å². The third-order valence-corrected chi connectivity index (χ3v) is 2.42. The Morgan fingerprint density at radius 3 is 2.62 bits per heavy atom. The molecule has 0 spiro atoms. The largest absolute Gasteiger partial charge is 0.384 e. The molecular weight excluding hydrogens is 202 g/mol. The lowest BCUT2D eigenvalue weighted by molar-refractivity contribution is 0.371. The fourth-order valence-electron chi connectivity index (χ4n) is 1.78. The van der Waals surface area contributed by atoms with E-state index >= 15 is 0 Å². The van der Waals surface area contributed by atoms with Gasteiger partial charge in [-0.05, 0) is 34.0 Å². The predicted molar refractivity (Wildman–Crippen MR) is 67.5 cm³/mol. The van der Waals surface area contributed by atoms with Crippen LogP contribution in [0.1, 0.15) is 13.8 Å². The summed E-state index contributed by atoms with van der Waals surface area (Å²) in [4.78, 5) is 12.8. The van der Waals surface area contributed by atoms with Gasteiger partial charge in [0.25, 0.3) is 0 Å². The molecule has 1 rings (SSSR count). The number of hydrogen-bond acceptors (Lipinski definition) is 5. The lowest BCUT2D eigenvalue weighted by atomic mass is 10.3. The van der Waals surface area contributed by atoms with Crippen molar-refractivity contribution in [2.45, 2.75) is 19.9 Å². The predicted octanol–water partition coefficient (Wildman–Crippen LogP) is 0.835. The average molecular weight is 223 g/mol. The van der Waals surface area contributed by atoms with Crippen LogP contribution in [0.25, 0.3) is 0 Å². The van der Waals surface area contributed by atoms with Gasteiger partial charge in [-0.1, -0.05) is 0 Å². The first-order valence-electron chi connectivity index (χ1n) is 5.54. The number of likely N-dealkylation sites (N-methyl/N-ethyl adjacent to an activating group) is 2. The zero-order valence-electron chi connectivity index (χ0n) is 10.5. The smallest absolute Gasteiger partial charge is 0.227 e. The van der Waals surface area contributed by atoms with Crippen LogP contribution in [-0.2, 0) is 0 Å². The fourth-order valence-corrected chi connectivity index (χ4v) is 1.78.